The lowest BCUT2D eigenvalue weighted by molar-refractivity contribution is 0.0993. The van der Waals surface area contributed by atoms with Crippen LogP contribution < -0.4 is 10.9 Å². The Labute approximate surface area is 204 Å². The average molecular weight is 505 g/mol. The lowest BCUT2D eigenvalue weighted by Gasteiger charge is -2.09. The minimum atomic E-state index is -0.304. The van der Waals surface area contributed by atoms with Gasteiger partial charge in [0, 0.05) is 17.0 Å². The van der Waals surface area contributed by atoms with Gasteiger partial charge >= 0.3 is 0 Å². The third-order valence-electron chi connectivity index (χ3n) is 5.15. The quantitative estimate of drug-likeness (QED) is 0.358. The van der Waals surface area contributed by atoms with E-state index >= 15 is 0 Å². The molecule has 0 aliphatic heterocycles. The van der Waals surface area contributed by atoms with Crippen LogP contribution in [0.5, 0.6) is 0 Å². The molecule has 170 valence electrons. The average Bonchev–Trinajstić information content (AvgIpc) is 3.12. The van der Waals surface area contributed by atoms with Gasteiger partial charge in [-0.3, -0.25) is 9.59 Å². The second-order valence-electron chi connectivity index (χ2n) is 7.47. The van der Waals surface area contributed by atoms with Gasteiger partial charge in [0.25, 0.3) is 5.56 Å². The Kier molecular flexibility index (Phi) is 6.86. The van der Waals surface area contributed by atoms with Gasteiger partial charge in [-0.1, -0.05) is 59.9 Å². The number of ketones is 1. The van der Waals surface area contributed by atoms with E-state index < -0.39 is 0 Å². The third kappa shape index (κ3) is 4.68. The van der Waals surface area contributed by atoms with Crippen LogP contribution in [0, 0.1) is 0 Å². The van der Waals surface area contributed by atoms with Crippen LogP contribution in [-0.2, 0) is 12.8 Å². The summed E-state index contributed by atoms with van der Waals surface area (Å²) in [5.74, 6) is 0.407. The number of H-pyrrole nitrogens is 1. The number of Topliss-reactive ketones (excluding diaryl/α,β-unsaturated/α-hetero) is 1. The first-order valence-electron chi connectivity index (χ1n) is 10.2. The fourth-order valence-electron chi connectivity index (χ4n) is 3.67. The van der Waals surface area contributed by atoms with Crippen LogP contribution in [0.3, 0.4) is 0 Å². The highest BCUT2D eigenvalue weighted by Crippen LogP contribution is 2.33. The first-order valence-corrected chi connectivity index (χ1v) is 11.4. The first-order chi connectivity index (χ1) is 15.8. The molecule has 7 nitrogen and oxygen atoms in total. The van der Waals surface area contributed by atoms with E-state index in [0.29, 0.717) is 61.7 Å². The van der Waals surface area contributed by atoms with E-state index in [-0.39, 0.29) is 17.9 Å². The molecule has 0 saturated carbocycles. The second kappa shape index (κ2) is 9.65. The van der Waals surface area contributed by atoms with Crippen LogP contribution in [0.2, 0.25) is 15.1 Å². The molecule has 2 aromatic carbocycles. The lowest BCUT2D eigenvalue weighted by atomic mass is 10.0. The van der Waals surface area contributed by atoms with Crippen LogP contribution in [0.15, 0.2) is 41.2 Å². The van der Waals surface area contributed by atoms with Crippen LogP contribution in [0.25, 0.3) is 16.7 Å². The highest BCUT2D eigenvalue weighted by atomic mass is 35.5. The Morgan fingerprint density at radius 1 is 1.15 bits per heavy atom. The number of rotatable bonds is 7. The predicted molar refractivity (Wildman–Crippen MR) is 131 cm³/mol. The predicted octanol–water partition coefficient (Wildman–Crippen LogP) is 4.62. The molecule has 4 rings (SSSR count). The normalized spacial score (nSPS) is 11.3. The summed E-state index contributed by atoms with van der Waals surface area (Å²) in [7, 11) is 1.72. The van der Waals surface area contributed by atoms with Gasteiger partial charge in [-0.25, -0.2) is 9.67 Å². The number of nitrogens with zero attached hydrogens (tertiary/aromatic N) is 3. The summed E-state index contributed by atoms with van der Waals surface area (Å²) in [6.07, 6.45) is 0.840. The fraction of sp³-hybridized carbons (Fsp3) is 0.217. The number of hydrogen-bond donors (Lipinski definition) is 2. The molecule has 10 heteroatoms. The highest BCUT2D eigenvalue weighted by Gasteiger charge is 2.21. The van der Waals surface area contributed by atoms with E-state index in [1.807, 2.05) is 19.1 Å². The Balaban J connectivity index is 1.84. The number of hydrogen-bond acceptors (Lipinski definition) is 5. The van der Waals surface area contributed by atoms with Crippen LogP contribution in [0.4, 0.5) is 0 Å². The second-order valence-corrected chi connectivity index (χ2v) is 8.72. The molecule has 0 aliphatic carbocycles. The summed E-state index contributed by atoms with van der Waals surface area (Å²) in [5, 5.41) is 8.77. The Morgan fingerprint density at radius 3 is 2.55 bits per heavy atom. The standard InChI is InChI=1S/C23H20Cl3N5O2/c1-3-17-20-22(31(30-17)21-15(25)9-14(24)10-16(21)26)28-19(29-23(20)33)8-12-5-4-6-13(7-12)18(32)11-27-2/h4-7,9-10,27H,3,8,11H2,1-2H3,(H,28,29,33). The Bertz CT molecular complexity index is 1400. The van der Waals surface area contributed by atoms with E-state index in [0.717, 1.165) is 5.56 Å². The summed E-state index contributed by atoms with van der Waals surface area (Å²) in [6, 6.07) is 10.4. The van der Waals surface area contributed by atoms with Crippen molar-refractivity contribution < 1.29 is 4.79 Å². The molecule has 0 spiro atoms. The molecule has 2 heterocycles. The van der Waals surface area contributed by atoms with Crippen molar-refractivity contribution in [2.45, 2.75) is 19.8 Å². The van der Waals surface area contributed by atoms with E-state index in [9.17, 15) is 9.59 Å². The zero-order chi connectivity index (χ0) is 23.7. The molecule has 4 aromatic rings. The molecular weight excluding hydrogens is 485 g/mol. The smallest absolute Gasteiger partial charge is 0.262 e. The highest BCUT2D eigenvalue weighted by molar-refractivity contribution is 6.40. The summed E-state index contributed by atoms with van der Waals surface area (Å²) in [5.41, 5.74) is 2.44. The number of halogens is 3. The molecule has 2 N–H and O–H groups in total. The number of fused-ring (bicyclic) bond motifs is 1. The first kappa shape index (κ1) is 23.4. The maximum Gasteiger partial charge on any atom is 0.262 e. The summed E-state index contributed by atoms with van der Waals surface area (Å²) in [4.78, 5) is 32.8. The van der Waals surface area contributed by atoms with Gasteiger partial charge in [-0.2, -0.15) is 5.10 Å². The van der Waals surface area contributed by atoms with E-state index in [2.05, 4.69) is 20.4 Å². The SMILES string of the molecule is CCc1nn(-c2c(Cl)cc(Cl)cc2Cl)c2nc(Cc3cccc(C(=O)CNC)c3)[nH]c(=O)c12. The maximum atomic E-state index is 13.0. The maximum absolute atomic E-state index is 13.0. The number of aryl methyl sites for hydroxylation is 1. The van der Waals surface area contributed by atoms with Crippen molar-refractivity contribution in [3.63, 3.8) is 0 Å². The third-order valence-corrected chi connectivity index (χ3v) is 5.94. The number of aromatic nitrogens is 4. The van der Waals surface area contributed by atoms with Gasteiger partial charge in [0.05, 0.1) is 22.3 Å². The van der Waals surface area contributed by atoms with Crippen molar-refractivity contribution >= 4 is 51.6 Å². The monoisotopic (exact) mass is 503 g/mol. The van der Waals surface area contributed by atoms with Crippen LogP contribution >= 0.6 is 34.8 Å². The Hall–Kier alpha value is -2.71. The van der Waals surface area contributed by atoms with E-state index in [1.165, 1.54) is 4.68 Å². The largest absolute Gasteiger partial charge is 0.313 e. The molecule has 0 saturated heterocycles. The zero-order valence-electron chi connectivity index (χ0n) is 17.9. The van der Waals surface area contributed by atoms with Crippen molar-refractivity contribution in [3.8, 4) is 5.69 Å². The van der Waals surface area contributed by atoms with Gasteiger partial charge in [0.2, 0.25) is 0 Å². The van der Waals surface area contributed by atoms with Crippen molar-refractivity contribution in [1.29, 1.82) is 0 Å². The molecule has 2 aromatic heterocycles. The topological polar surface area (TPSA) is 92.7 Å². The molecule has 33 heavy (non-hydrogen) atoms. The molecule has 0 aliphatic rings. The van der Waals surface area contributed by atoms with Crippen molar-refractivity contribution in [2.24, 2.45) is 0 Å². The molecular formula is C23H20Cl3N5O2. The van der Waals surface area contributed by atoms with E-state index in [1.54, 1.807) is 31.3 Å². The summed E-state index contributed by atoms with van der Waals surface area (Å²) in [6.45, 7) is 2.14. The van der Waals surface area contributed by atoms with Crippen LogP contribution in [0.1, 0.15) is 34.4 Å². The summed E-state index contributed by atoms with van der Waals surface area (Å²) >= 11 is 18.9. The number of carbonyl (C=O) groups is 1. The number of nitrogens with one attached hydrogen (secondary N) is 2. The molecule has 0 atom stereocenters. The van der Waals surface area contributed by atoms with Gasteiger partial charge in [-0.15, -0.1) is 0 Å². The van der Waals surface area contributed by atoms with Gasteiger partial charge < -0.3 is 10.3 Å². The molecule has 0 unspecified atom stereocenters. The van der Waals surface area contributed by atoms with Crippen molar-refractivity contribution in [2.75, 3.05) is 13.6 Å². The number of benzene rings is 2. The number of carbonyl (C=O) groups excluding carboxylic acids is 1. The number of likely N-dealkylation sites (N-methyl/N-ethyl adjacent to an activating group) is 1. The lowest BCUT2D eigenvalue weighted by Crippen LogP contribution is -2.18. The summed E-state index contributed by atoms with van der Waals surface area (Å²) < 4.78 is 1.49. The van der Waals surface area contributed by atoms with Gasteiger partial charge in [0.1, 0.15) is 16.9 Å². The van der Waals surface area contributed by atoms with E-state index in [4.69, 9.17) is 34.8 Å². The molecule has 0 fully saturated rings. The van der Waals surface area contributed by atoms with Crippen LogP contribution in [-0.4, -0.2) is 39.1 Å². The minimum absolute atomic E-state index is 0.0195. The van der Waals surface area contributed by atoms with Gasteiger partial charge in [0.15, 0.2) is 11.4 Å². The Morgan fingerprint density at radius 2 is 1.88 bits per heavy atom. The van der Waals surface area contributed by atoms with Crippen molar-refractivity contribution in [1.82, 2.24) is 25.1 Å². The number of aromatic amines is 1. The zero-order valence-corrected chi connectivity index (χ0v) is 20.1. The molecule has 0 amide bonds. The van der Waals surface area contributed by atoms with Gasteiger partial charge in [-0.05, 0) is 37.2 Å². The fourth-order valence-corrected chi connectivity index (χ4v) is 4.65. The minimum Gasteiger partial charge on any atom is -0.313 e. The molecule has 0 radical (unpaired) electrons. The van der Waals surface area contributed by atoms with Crippen molar-refractivity contribution in [3.05, 3.63) is 84.5 Å². The molecule has 0 bridgehead atoms.